The van der Waals surface area contributed by atoms with Gasteiger partial charge in [0.15, 0.2) is 0 Å². The highest BCUT2D eigenvalue weighted by Crippen LogP contribution is 2.32. The van der Waals surface area contributed by atoms with E-state index in [0.717, 1.165) is 34.3 Å². The Kier molecular flexibility index (Phi) is 3.54. The molecule has 2 N–H and O–H groups in total. The van der Waals surface area contributed by atoms with Crippen LogP contribution in [-0.2, 0) is 4.79 Å². The zero-order valence-electron chi connectivity index (χ0n) is 12.8. The van der Waals surface area contributed by atoms with Gasteiger partial charge in [0, 0.05) is 31.4 Å². The number of aromatic nitrogens is 1. The molecule has 120 valence electrons. The lowest BCUT2D eigenvalue weighted by Gasteiger charge is -2.21. The van der Waals surface area contributed by atoms with Crippen LogP contribution in [0.2, 0.25) is 0 Å². The molecular weight excluding hydrogens is 312 g/mol. The van der Waals surface area contributed by atoms with E-state index in [2.05, 4.69) is 15.6 Å². The predicted octanol–water partition coefficient (Wildman–Crippen LogP) is 1.51. The van der Waals surface area contributed by atoms with Crippen LogP contribution in [-0.4, -0.2) is 42.5 Å². The number of nitrogens with one attached hydrogen (secondary N) is 2. The third-order valence-corrected chi connectivity index (χ3v) is 5.92. The van der Waals surface area contributed by atoms with Gasteiger partial charge < -0.3 is 15.5 Å². The van der Waals surface area contributed by atoms with Gasteiger partial charge in [0.05, 0.1) is 9.70 Å². The van der Waals surface area contributed by atoms with Gasteiger partial charge in [-0.2, -0.15) is 0 Å². The van der Waals surface area contributed by atoms with Crippen molar-refractivity contribution in [1.82, 2.24) is 15.6 Å². The maximum atomic E-state index is 12.5. The highest BCUT2D eigenvalue weighted by atomic mass is 32.1. The Morgan fingerprint density at radius 2 is 2.35 bits per heavy atom. The molecule has 2 aromatic rings. The number of hydrogen-bond donors (Lipinski definition) is 2. The molecule has 0 spiro atoms. The summed E-state index contributed by atoms with van der Waals surface area (Å²) in [6.07, 6.45) is 5.83. The van der Waals surface area contributed by atoms with Crippen molar-refractivity contribution in [2.75, 3.05) is 11.9 Å². The summed E-state index contributed by atoms with van der Waals surface area (Å²) in [5.74, 6) is -0.122. The molecular formula is C16H18N4O2S. The van der Waals surface area contributed by atoms with Crippen LogP contribution in [0.15, 0.2) is 18.3 Å². The van der Waals surface area contributed by atoms with Crippen LogP contribution in [0.5, 0.6) is 0 Å². The van der Waals surface area contributed by atoms with Gasteiger partial charge in [-0.3, -0.25) is 9.59 Å². The summed E-state index contributed by atoms with van der Waals surface area (Å²) in [7, 11) is 1.71. The van der Waals surface area contributed by atoms with Crippen LogP contribution >= 0.6 is 11.3 Å². The highest BCUT2D eigenvalue weighted by Gasteiger charge is 2.39. The minimum atomic E-state index is -0.122. The average molecular weight is 330 g/mol. The third-order valence-electron chi connectivity index (χ3n) is 4.75. The van der Waals surface area contributed by atoms with Crippen molar-refractivity contribution in [3.63, 3.8) is 0 Å². The van der Waals surface area contributed by atoms with Gasteiger partial charge >= 0.3 is 0 Å². The minimum absolute atomic E-state index is 0.122. The summed E-state index contributed by atoms with van der Waals surface area (Å²) in [5.41, 5.74) is 0.429. The van der Waals surface area contributed by atoms with Gasteiger partial charge in [0.25, 0.3) is 5.91 Å². The lowest BCUT2D eigenvalue weighted by atomic mass is 9.95. The third kappa shape index (κ3) is 2.60. The fourth-order valence-corrected chi connectivity index (χ4v) is 4.45. The molecule has 2 fully saturated rings. The van der Waals surface area contributed by atoms with E-state index >= 15 is 0 Å². The first-order chi connectivity index (χ1) is 11.1. The fraction of sp³-hybridized carbons (Fsp3) is 0.438. The quantitative estimate of drug-likeness (QED) is 0.834. The highest BCUT2D eigenvalue weighted by molar-refractivity contribution is 7.22. The van der Waals surface area contributed by atoms with Crippen molar-refractivity contribution in [1.29, 1.82) is 0 Å². The standard InChI is InChI=1S/C16H18N4O2S/c1-20(8-21)15-5-9-4-13(17-7-14(9)23-15)16(22)19-12-6-10-2-3-11(12)18-10/h4-5,7-8,10-12,18H,2-3,6H2,1H3,(H,19,22)/t10-,11+,12-/m1/s1. The second-order valence-electron chi connectivity index (χ2n) is 6.27. The van der Waals surface area contributed by atoms with Crippen LogP contribution in [0.1, 0.15) is 29.8 Å². The molecule has 0 aliphatic carbocycles. The Hall–Kier alpha value is -1.99. The molecule has 0 aromatic carbocycles. The van der Waals surface area contributed by atoms with E-state index in [1.165, 1.54) is 22.7 Å². The summed E-state index contributed by atoms with van der Waals surface area (Å²) in [5, 5.41) is 8.39. The van der Waals surface area contributed by atoms with Crippen molar-refractivity contribution >= 4 is 38.7 Å². The Morgan fingerprint density at radius 1 is 1.48 bits per heavy atom. The van der Waals surface area contributed by atoms with Crippen LogP contribution in [0.25, 0.3) is 10.1 Å². The zero-order valence-corrected chi connectivity index (χ0v) is 13.6. The van der Waals surface area contributed by atoms with Gasteiger partial charge in [-0.15, -0.1) is 11.3 Å². The summed E-state index contributed by atoms with van der Waals surface area (Å²) < 4.78 is 0.965. The molecule has 0 unspecified atom stereocenters. The van der Waals surface area contributed by atoms with E-state index in [9.17, 15) is 9.59 Å². The number of hydrogen-bond acceptors (Lipinski definition) is 5. The Balaban J connectivity index is 1.54. The molecule has 4 rings (SSSR count). The van der Waals surface area contributed by atoms with Gasteiger partial charge in [0.2, 0.25) is 6.41 Å². The number of carbonyl (C=O) groups excluding carboxylic acids is 2. The molecule has 0 radical (unpaired) electrons. The van der Waals surface area contributed by atoms with E-state index in [0.29, 0.717) is 17.8 Å². The number of thiophene rings is 1. The normalized spacial score (nSPS) is 25.7. The van der Waals surface area contributed by atoms with Gasteiger partial charge in [0.1, 0.15) is 5.69 Å². The lowest BCUT2D eigenvalue weighted by molar-refractivity contribution is -0.107. The number of carbonyl (C=O) groups is 2. The van der Waals surface area contributed by atoms with E-state index in [1.54, 1.807) is 19.3 Å². The topological polar surface area (TPSA) is 74.3 Å². The molecule has 6 nitrogen and oxygen atoms in total. The molecule has 2 aliphatic rings. The van der Waals surface area contributed by atoms with Crippen molar-refractivity contribution < 1.29 is 9.59 Å². The van der Waals surface area contributed by atoms with Gasteiger partial charge in [-0.1, -0.05) is 0 Å². The molecule has 2 aromatic heterocycles. The van der Waals surface area contributed by atoms with Gasteiger partial charge in [-0.25, -0.2) is 4.98 Å². The molecule has 7 heteroatoms. The second-order valence-corrected chi connectivity index (χ2v) is 7.33. The van der Waals surface area contributed by atoms with Crippen LogP contribution in [0.3, 0.4) is 0 Å². The predicted molar refractivity (Wildman–Crippen MR) is 89.9 cm³/mol. The van der Waals surface area contributed by atoms with Crippen LogP contribution in [0.4, 0.5) is 5.00 Å². The molecule has 2 amide bonds. The number of fused-ring (bicyclic) bond motifs is 3. The summed E-state index contributed by atoms with van der Waals surface area (Å²) in [6.45, 7) is 0. The molecule has 3 atom stereocenters. The smallest absolute Gasteiger partial charge is 0.270 e. The van der Waals surface area contributed by atoms with Crippen molar-refractivity contribution in [3.8, 4) is 0 Å². The van der Waals surface area contributed by atoms with E-state index in [-0.39, 0.29) is 11.9 Å². The first kappa shape index (κ1) is 14.6. The molecule has 2 saturated heterocycles. The Morgan fingerprint density at radius 3 is 3.04 bits per heavy atom. The van der Waals surface area contributed by atoms with Crippen LogP contribution in [0, 0.1) is 0 Å². The first-order valence-corrected chi connectivity index (χ1v) is 8.60. The molecule has 23 heavy (non-hydrogen) atoms. The molecule has 0 saturated carbocycles. The lowest BCUT2D eigenvalue weighted by Crippen LogP contribution is -2.43. The van der Waals surface area contributed by atoms with Gasteiger partial charge in [-0.05, 0) is 36.8 Å². The Bertz CT molecular complexity index is 775. The van der Waals surface area contributed by atoms with E-state index in [1.807, 2.05) is 6.07 Å². The average Bonchev–Trinajstić information content (AvgIpc) is 3.27. The SMILES string of the molecule is CN(C=O)c1cc2cc(C(=O)N[C@@H]3C[C@H]4CC[C@@H]3N4)ncc2s1. The largest absolute Gasteiger partial charge is 0.346 e. The Labute approximate surface area is 137 Å². The van der Waals surface area contributed by atoms with Crippen molar-refractivity contribution in [2.24, 2.45) is 0 Å². The first-order valence-electron chi connectivity index (χ1n) is 7.78. The maximum Gasteiger partial charge on any atom is 0.270 e. The summed E-state index contributed by atoms with van der Waals surface area (Å²) >= 11 is 1.48. The summed E-state index contributed by atoms with van der Waals surface area (Å²) in [4.78, 5) is 29.1. The fourth-order valence-electron chi connectivity index (χ4n) is 3.51. The maximum absolute atomic E-state index is 12.5. The molecule has 4 heterocycles. The summed E-state index contributed by atoms with van der Waals surface area (Å²) in [6, 6.07) is 4.87. The second kappa shape index (κ2) is 5.58. The minimum Gasteiger partial charge on any atom is -0.346 e. The number of anilines is 1. The van der Waals surface area contributed by atoms with Crippen molar-refractivity contribution in [3.05, 3.63) is 24.0 Å². The van der Waals surface area contributed by atoms with E-state index in [4.69, 9.17) is 0 Å². The monoisotopic (exact) mass is 330 g/mol. The molecule has 2 bridgehead atoms. The number of rotatable bonds is 4. The number of pyridine rings is 1. The van der Waals surface area contributed by atoms with Crippen LogP contribution < -0.4 is 15.5 Å². The zero-order chi connectivity index (χ0) is 16.0. The van der Waals surface area contributed by atoms with E-state index < -0.39 is 0 Å². The molecule has 2 aliphatic heterocycles. The number of amides is 2. The van der Waals surface area contributed by atoms with Crippen molar-refractivity contribution in [2.45, 2.75) is 37.4 Å². The number of nitrogens with zero attached hydrogens (tertiary/aromatic N) is 2.